The summed E-state index contributed by atoms with van der Waals surface area (Å²) >= 11 is 1.36. The smallest absolute Gasteiger partial charge is 0.233 e. The Morgan fingerprint density at radius 3 is 2.44 bits per heavy atom. The molecule has 1 amide bonds. The second-order valence-corrected chi connectivity index (χ2v) is 6.28. The first-order valence-electron chi connectivity index (χ1n) is 7.89. The third-order valence-electron chi connectivity index (χ3n) is 3.68. The summed E-state index contributed by atoms with van der Waals surface area (Å²) < 4.78 is 1.96. The Bertz CT molecular complexity index is 770. The van der Waals surface area contributed by atoms with Gasteiger partial charge < -0.3 is 9.47 Å². The minimum atomic E-state index is -0.0836. The fourth-order valence-corrected chi connectivity index (χ4v) is 3.21. The van der Waals surface area contributed by atoms with Gasteiger partial charge in [-0.25, -0.2) is 4.98 Å². The van der Waals surface area contributed by atoms with E-state index in [0.29, 0.717) is 13.1 Å². The number of carbonyl (C=O) groups excluding carboxylic acids is 1. The van der Waals surface area contributed by atoms with Crippen LogP contribution in [0.5, 0.6) is 0 Å². The fourth-order valence-electron chi connectivity index (χ4n) is 2.35. The summed E-state index contributed by atoms with van der Waals surface area (Å²) in [5.74, 6) is 0.149. The third-order valence-corrected chi connectivity index (χ3v) is 4.71. The molecule has 1 heterocycles. The van der Waals surface area contributed by atoms with E-state index in [1.807, 2.05) is 54.1 Å². The lowest BCUT2D eigenvalue weighted by atomic mass is 10.2. The van der Waals surface area contributed by atoms with Gasteiger partial charge in [-0.3, -0.25) is 4.79 Å². The van der Waals surface area contributed by atoms with Crippen LogP contribution in [0.1, 0.15) is 12.8 Å². The molecule has 0 aliphatic rings. The Hall–Kier alpha value is -2.77. The Morgan fingerprint density at radius 1 is 1.20 bits per heavy atom. The number of hydrogen-bond donors (Lipinski definition) is 0. The summed E-state index contributed by atoms with van der Waals surface area (Å²) in [4.78, 5) is 18.3. The standard InChI is InChI=1S/C18H19N5OS/c1-22-16(15-7-3-2-4-8-15)13-21-18(22)25-14-17(24)23(11-5-9-19)12-6-10-20/h2-4,7-8,13H,5-6,11-12,14H2,1H3. The van der Waals surface area contributed by atoms with Crippen molar-refractivity contribution in [2.75, 3.05) is 18.8 Å². The molecule has 0 fully saturated rings. The van der Waals surface area contributed by atoms with Crippen molar-refractivity contribution in [1.82, 2.24) is 14.5 Å². The Morgan fingerprint density at radius 2 is 1.84 bits per heavy atom. The van der Waals surface area contributed by atoms with Crippen molar-refractivity contribution in [3.05, 3.63) is 36.5 Å². The average molecular weight is 353 g/mol. The number of imidazole rings is 1. The molecule has 0 bridgehead atoms. The van der Waals surface area contributed by atoms with Crippen molar-refractivity contribution in [3.63, 3.8) is 0 Å². The van der Waals surface area contributed by atoms with Crippen LogP contribution in [0.4, 0.5) is 0 Å². The first-order chi connectivity index (χ1) is 12.2. The number of rotatable bonds is 8. The molecule has 1 aromatic heterocycles. The minimum Gasteiger partial charge on any atom is -0.340 e. The molecule has 1 aromatic carbocycles. The van der Waals surface area contributed by atoms with Gasteiger partial charge in [0.25, 0.3) is 0 Å². The van der Waals surface area contributed by atoms with Crippen LogP contribution in [-0.2, 0) is 11.8 Å². The topological polar surface area (TPSA) is 85.7 Å². The summed E-state index contributed by atoms with van der Waals surface area (Å²) in [5, 5.41) is 18.2. The SMILES string of the molecule is Cn1c(-c2ccccc2)cnc1SCC(=O)N(CCC#N)CCC#N. The van der Waals surface area contributed by atoms with Crippen LogP contribution >= 0.6 is 11.8 Å². The molecule has 0 saturated carbocycles. The van der Waals surface area contributed by atoms with E-state index in [-0.39, 0.29) is 24.5 Å². The minimum absolute atomic E-state index is 0.0836. The zero-order valence-corrected chi connectivity index (χ0v) is 14.9. The number of thioether (sulfide) groups is 1. The molecule has 0 saturated heterocycles. The molecule has 0 N–H and O–H groups in total. The average Bonchev–Trinajstić information content (AvgIpc) is 3.01. The van der Waals surface area contributed by atoms with Crippen LogP contribution in [0.15, 0.2) is 41.7 Å². The molecule has 7 heteroatoms. The number of benzene rings is 1. The van der Waals surface area contributed by atoms with Gasteiger partial charge in [-0.15, -0.1) is 0 Å². The maximum Gasteiger partial charge on any atom is 0.233 e. The van der Waals surface area contributed by atoms with Gasteiger partial charge in [0.15, 0.2) is 5.16 Å². The fraction of sp³-hybridized carbons (Fsp3) is 0.333. The maximum atomic E-state index is 12.4. The van der Waals surface area contributed by atoms with E-state index in [4.69, 9.17) is 10.5 Å². The largest absolute Gasteiger partial charge is 0.340 e. The number of nitriles is 2. The molecule has 128 valence electrons. The van der Waals surface area contributed by atoms with E-state index in [0.717, 1.165) is 16.4 Å². The van der Waals surface area contributed by atoms with E-state index in [1.165, 1.54) is 11.8 Å². The van der Waals surface area contributed by atoms with Crippen molar-refractivity contribution in [2.24, 2.45) is 7.05 Å². The van der Waals surface area contributed by atoms with Gasteiger partial charge in [0.1, 0.15) is 0 Å². The van der Waals surface area contributed by atoms with Gasteiger partial charge in [0.2, 0.25) is 5.91 Å². The van der Waals surface area contributed by atoms with Gasteiger partial charge in [-0.1, -0.05) is 42.1 Å². The van der Waals surface area contributed by atoms with E-state index in [1.54, 1.807) is 11.1 Å². The lowest BCUT2D eigenvalue weighted by Crippen LogP contribution is -2.34. The maximum absolute atomic E-state index is 12.4. The van der Waals surface area contributed by atoms with Gasteiger partial charge in [-0.05, 0) is 5.56 Å². The molecule has 2 aromatic rings. The van der Waals surface area contributed by atoms with Crippen LogP contribution in [0.25, 0.3) is 11.3 Å². The van der Waals surface area contributed by atoms with Crippen LogP contribution in [0.2, 0.25) is 0 Å². The number of aromatic nitrogens is 2. The Kier molecular flexibility index (Phi) is 7.06. The molecule has 0 atom stereocenters. The van der Waals surface area contributed by atoms with Crippen molar-refractivity contribution < 1.29 is 4.79 Å². The van der Waals surface area contributed by atoms with E-state index < -0.39 is 0 Å². The number of amides is 1. The zero-order chi connectivity index (χ0) is 18.1. The molecule has 0 aliphatic carbocycles. The van der Waals surface area contributed by atoms with Gasteiger partial charge in [-0.2, -0.15) is 10.5 Å². The number of carbonyl (C=O) groups is 1. The lowest BCUT2D eigenvalue weighted by Gasteiger charge is -2.20. The quantitative estimate of drug-likeness (QED) is 0.681. The van der Waals surface area contributed by atoms with E-state index in [2.05, 4.69) is 4.98 Å². The lowest BCUT2D eigenvalue weighted by molar-refractivity contribution is -0.128. The van der Waals surface area contributed by atoms with Gasteiger partial charge in [0.05, 0.1) is 42.6 Å². The number of nitrogens with zero attached hydrogens (tertiary/aromatic N) is 5. The van der Waals surface area contributed by atoms with Crippen molar-refractivity contribution in [2.45, 2.75) is 18.0 Å². The summed E-state index contributed by atoms with van der Waals surface area (Å²) in [6.07, 6.45) is 2.33. The molecule has 0 radical (unpaired) electrons. The van der Waals surface area contributed by atoms with E-state index in [9.17, 15) is 4.79 Å². The normalized spacial score (nSPS) is 10.0. The third kappa shape index (κ3) is 5.10. The second-order valence-electron chi connectivity index (χ2n) is 5.34. The van der Waals surface area contributed by atoms with Crippen LogP contribution in [0, 0.1) is 22.7 Å². The highest BCUT2D eigenvalue weighted by Gasteiger charge is 2.16. The molecule has 0 aliphatic heterocycles. The molecule has 25 heavy (non-hydrogen) atoms. The predicted molar refractivity (Wildman–Crippen MR) is 96.4 cm³/mol. The highest BCUT2D eigenvalue weighted by atomic mass is 32.2. The molecule has 0 spiro atoms. The second kappa shape index (κ2) is 9.51. The highest BCUT2D eigenvalue weighted by Crippen LogP contribution is 2.24. The van der Waals surface area contributed by atoms with E-state index >= 15 is 0 Å². The highest BCUT2D eigenvalue weighted by molar-refractivity contribution is 7.99. The molecule has 0 unspecified atom stereocenters. The van der Waals surface area contributed by atoms with Crippen LogP contribution < -0.4 is 0 Å². The predicted octanol–water partition coefficient (Wildman–Crippen LogP) is 2.84. The van der Waals surface area contributed by atoms with Crippen molar-refractivity contribution in [1.29, 1.82) is 10.5 Å². The Labute approximate surface area is 151 Å². The molecule has 2 rings (SSSR count). The zero-order valence-electron chi connectivity index (χ0n) is 14.1. The summed E-state index contributed by atoms with van der Waals surface area (Å²) in [6, 6.07) is 14.0. The van der Waals surface area contributed by atoms with Crippen molar-refractivity contribution in [3.8, 4) is 23.4 Å². The molecular weight excluding hydrogens is 334 g/mol. The summed E-state index contributed by atoms with van der Waals surface area (Å²) in [5.41, 5.74) is 2.06. The van der Waals surface area contributed by atoms with Crippen LogP contribution in [-0.4, -0.2) is 39.2 Å². The first kappa shape index (κ1) is 18.6. The Balaban J connectivity index is 2.00. The molecular formula is C18H19N5OS. The van der Waals surface area contributed by atoms with Crippen molar-refractivity contribution >= 4 is 17.7 Å². The number of hydrogen-bond acceptors (Lipinski definition) is 5. The van der Waals surface area contributed by atoms with Gasteiger partial charge in [0, 0.05) is 20.1 Å². The summed E-state index contributed by atoms with van der Waals surface area (Å²) in [7, 11) is 1.92. The summed E-state index contributed by atoms with van der Waals surface area (Å²) in [6.45, 7) is 0.709. The monoisotopic (exact) mass is 353 g/mol. The first-order valence-corrected chi connectivity index (χ1v) is 8.87. The molecule has 6 nitrogen and oxygen atoms in total. The van der Waals surface area contributed by atoms with Gasteiger partial charge >= 0.3 is 0 Å². The van der Waals surface area contributed by atoms with Crippen LogP contribution in [0.3, 0.4) is 0 Å².